The van der Waals surface area contributed by atoms with E-state index in [1.54, 1.807) is 6.07 Å². The Morgan fingerprint density at radius 3 is 2.76 bits per heavy atom. The Kier molecular flexibility index (Phi) is 3.87. The molecule has 6 nitrogen and oxygen atoms in total. The molecule has 0 saturated carbocycles. The normalized spacial score (nSPS) is 15.7. The van der Waals surface area contributed by atoms with Crippen LogP contribution in [0.1, 0.15) is 17.4 Å². The molecule has 1 amide bonds. The van der Waals surface area contributed by atoms with E-state index in [4.69, 9.17) is 0 Å². The second-order valence-electron chi connectivity index (χ2n) is 3.87. The standard InChI is InChI=1S/C11H17N5O/c1-2-13-11(17)9-3-4-10(15-14-9)16-7-5-12-6-8-16/h3-4,12H,2,5-8H2,1H3,(H,13,17). The van der Waals surface area contributed by atoms with Crippen LogP contribution in [0.3, 0.4) is 0 Å². The number of rotatable bonds is 3. The molecule has 0 bridgehead atoms. The minimum absolute atomic E-state index is 0.174. The second-order valence-corrected chi connectivity index (χ2v) is 3.87. The minimum Gasteiger partial charge on any atom is -0.353 e. The molecule has 6 heteroatoms. The van der Waals surface area contributed by atoms with Gasteiger partial charge in [0.15, 0.2) is 11.5 Å². The monoisotopic (exact) mass is 235 g/mol. The third-order valence-corrected chi connectivity index (χ3v) is 2.66. The molecule has 92 valence electrons. The molecule has 1 aromatic rings. The first-order chi connectivity index (χ1) is 8.31. The van der Waals surface area contributed by atoms with Crippen molar-refractivity contribution in [2.45, 2.75) is 6.92 Å². The third kappa shape index (κ3) is 2.91. The largest absolute Gasteiger partial charge is 0.353 e. The van der Waals surface area contributed by atoms with Gasteiger partial charge < -0.3 is 15.5 Å². The fourth-order valence-corrected chi connectivity index (χ4v) is 1.76. The van der Waals surface area contributed by atoms with Crippen LogP contribution in [-0.2, 0) is 0 Å². The molecule has 2 rings (SSSR count). The Labute approximate surface area is 100 Å². The lowest BCUT2D eigenvalue weighted by atomic mass is 10.3. The van der Waals surface area contributed by atoms with Crippen LogP contribution in [0, 0.1) is 0 Å². The maximum atomic E-state index is 11.5. The maximum absolute atomic E-state index is 11.5. The molecule has 1 aromatic heterocycles. The van der Waals surface area contributed by atoms with Gasteiger partial charge in [0, 0.05) is 32.7 Å². The van der Waals surface area contributed by atoms with E-state index < -0.39 is 0 Å². The van der Waals surface area contributed by atoms with Gasteiger partial charge in [0.2, 0.25) is 0 Å². The summed E-state index contributed by atoms with van der Waals surface area (Å²) in [7, 11) is 0. The first-order valence-electron chi connectivity index (χ1n) is 5.89. The van der Waals surface area contributed by atoms with Crippen LogP contribution in [-0.4, -0.2) is 48.8 Å². The number of piperazine rings is 1. The van der Waals surface area contributed by atoms with E-state index in [2.05, 4.69) is 25.7 Å². The highest BCUT2D eigenvalue weighted by Crippen LogP contribution is 2.09. The predicted molar refractivity (Wildman–Crippen MR) is 65.1 cm³/mol. The lowest BCUT2D eigenvalue weighted by Gasteiger charge is -2.27. The number of amides is 1. The van der Waals surface area contributed by atoms with Crippen molar-refractivity contribution >= 4 is 11.7 Å². The second kappa shape index (κ2) is 5.58. The summed E-state index contributed by atoms with van der Waals surface area (Å²) in [5.74, 6) is 0.659. The zero-order valence-electron chi connectivity index (χ0n) is 9.94. The number of nitrogens with one attached hydrogen (secondary N) is 2. The van der Waals surface area contributed by atoms with Gasteiger partial charge in [-0.1, -0.05) is 0 Å². The first-order valence-corrected chi connectivity index (χ1v) is 5.89. The average molecular weight is 235 g/mol. The SMILES string of the molecule is CCNC(=O)c1ccc(N2CCNCC2)nn1. The Morgan fingerprint density at radius 2 is 2.18 bits per heavy atom. The lowest BCUT2D eigenvalue weighted by molar-refractivity contribution is 0.0950. The van der Waals surface area contributed by atoms with Gasteiger partial charge in [0.05, 0.1) is 0 Å². The van der Waals surface area contributed by atoms with Crippen molar-refractivity contribution in [2.24, 2.45) is 0 Å². The van der Waals surface area contributed by atoms with E-state index in [1.165, 1.54) is 0 Å². The summed E-state index contributed by atoms with van der Waals surface area (Å²) in [6.45, 7) is 6.24. The molecule has 1 aliphatic rings. The molecule has 0 aliphatic carbocycles. The number of carbonyl (C=O) groups excluding carboxylic acids is 1. The molecule has 0 unspecified atom stereocenters. The quantitative estimate of drug-likeness (QED) is 0.748. The zero-order valence-corrected chi connectivity index (χ0v) is 9.94. The molecule has 0 radical (unpaired) electrons. The third-order valence-electron chi connectivity index (χ3n) is 2.66. The molecule has 1 fully saturated rings. The Balaban J connectivity index is 2.04. The molecular weight excluding hydrogens is 218 g/mol. The van der Waals surface area contributed by atoms with Crippen LogP contribution < -0.4 is 15.5 Å². The zero-order chi connectivity index (χ0) is 12.1. The summed E-state index contributed by atoms with van der Waals surface area (Å²) in [5.41, 5.74) is 0.366. The highest BCUT2D eigenvalue weighted by molar-refractivity contribution is 5.92. The van der Waals surface area contributed by atoms with Crippen molar-refractivity contribution in [1.29, 1.82) is 0 Å². The molecule has 1 saturated heterocycles. The predicted octanol–water partition coefficient (Wildman–Crippen LogP) is -0.364. The minimum atomic E-state index is -0.174. The van der Waals surface area contributed by atoms with Crippen molar-refractivity contribution in [3.8, 4) is 0 Å². The molecule has 0 aromatic carbocycles. The van der Waals surface area contributed by atoms with Gasteiger partial charge in [0.25, 0.3) is 5.91 Å². The highest BCUT2D eigenvalue weighted by atomic mass is 16.1. The van der Waals surface area contributed by atoms with E-state index in [0.29, 0.717) is 12.2 Å². The van der Waals surface area contributed by atoms with Crippen LogP contribution in [0.2, 0.25) is 0 Å². The van der Waals surface area contributed by atoms with Gasteiger partial charge in [0.1, 0.15) is 0 Å². The number of carbonyl (C=O) groups is 1. The molecule has 1 aliphatic heterocycles. The van der Waals surface area contributed by atoms with Gasteiger partial charge in [-0.3, -0.25) is 4.79 Å². The summed E-state index contributed by atoms with van der Waals surface area (Å²) in [5, 5.41) is 14.0. The van der Waals surface area contributed by atoms with E-state index in [9.17, 15) is 4.79 Å². The number of aromatic nitrogens is 2. The van der Waals surface area contributed by atoms with Gasteiger partial charge >= 0.3 is 0 Å². The number of nitrogens with zero attached hydrogens (tertiary/aromatic N) is 3. The summed E-state index contributed by atoms with van der Waals surface area (Å²) in [6.07, 6.45) is 0. The van der Waals surface area contributed by atoms with Crippen molar-refractivity contribution in [3.63, 3.8) is 0 Å². The molecule has 0 spiro atoms. The van der Waals surface area contributed by atoms with Crippen LogP contribution >= 0.6 is 0 Å². The van der Waals surface area contributed by atoms with Crippen molar-refractivity contribution in [3.05, 3.63) is 17.8 Å². The summed E-state index contributed by atoms with van der Waals surface area (Å²) in [6, 6.07) is 3.57. The fourth-order valence-electron chi connectivity index (χ4n) is 1.76. The van der Waals surface area contributed by atoms with Gasteiger partial charge in [-0.05, 0) is 19.1 Å². The molecule has 2 N–H and O–H groups in total. The molecular formula is C11H17N5O. The fraction of sp³-hybridized carbons (Fsp3) is 0.545. The van der Waals surface area contributed by atoms with Crippen LogP contribution in [0.5, 0.6) is 0 Å². The van der Waals surface area contributed by atoms with Crippen LogP contribution in [0.15, 0.2) is 12.1 Å². The van der Waals surface area contributed by atoms with Crippen molar-refractivity contribution in [1.82, 2.24) is 20.8 Å². The van der Waals surface area contributed by atoms with E-state index in [0.717, 1.165) is 32.0 Å². The first kappa shape index (κ1) is 11.8. The summed E-state index contributed by atoms with van der Waals surface area (Å²) >= 11 is 0. The molecule has 2 heterocycles. The van der Waals surface area contributed by atoms with E-state index in [-0.39, 0.29) is 5.91 Å². The number of anilines is 1. The molecule has 17 heavy (non-hydrogen) atoms. The number of hydrogen-bond donors (Lipinski definition) is 2. The highest BCUT2D eigenvalue weighted by Gasteiger charge is 2.13. The van der Waals surface area contributed by atoms with E-state index >= 15 is 0 Å². The smallest absolute Gasteiger partial charge is 0.271 e. The van der Waals surface area contributed by atoms with E-state index in [1.807, 2.05) is 13.0 Å². The Morgan fingerprint density at radius 1 is 1.41 bits per heavy atom. The van der Waals surface area contributed by atoms with Crippen molar-refractivity contribution < 1.29 is 4.79 Å². The maximum Gasteiger partial charge on any atom is 0.271 e. The summed E-state index contributed by atoms with van der Waals surface area (Å²) < 4.78 is 0. The van der Waals surface area contributed by atoms with Crippen LogP contribution in [0.4, 0.5) is 5.82 Å². The number of hydrogen-bond acceptors (Lipinski definition) is 5. The Bertz CT molecular complexity index is 372. The molecule has 0 atom stereocenters. The van der Waals surface area contributed by atoms with Gasteiger partial charge in [-0.25, -0.2) is 0 Å². The van der Waals surface area contributed by atoms with Crippen molar-refractivity contribution in [2.75, 3.05) is 37.6 Å². The lowest BCUT2D eigenvalue weighted by Crippen LogP contribution is -2.44. The topological polar surface area (TPSA) is 70.2 Å². The Hall–Kier alpha value is -1.69. The summed E-state index contributed by atoms with van der Waals surface area (Å²) in [4.78, 5) is 13.7. The van der Waals surface area contributed by atoms with Gasteiger partial charge in [-0.15, -0.1) is 10.2 Å². The van der Waals surface area contributed by atoms with Crippen LogP contribution in [0.25, 0.3) is 0 Å². The van der Waals surface area contributed by atoms with Gasteiger partial charge in [-0.2, -0.15) is 0 Å². The average Bonchev–Trinajstić information content (AvgIpc) is 2.40.